The van der Waals surface area contributed by atoms with Crippen LogP contribution < -0.4 is 0 Å². The minimum Gasteiger partial charge on any atom is -0.369 e. The monoisotopic (exact) mass is 554 g/mol. The number of rotatable bonds is 0. The van der Waals surface area contributed by atoms with E-state index in [2.05, 4.69) is 26.3 Å². The number of hydrogen-bond acceptors (Lipinski definition) is 4. The highest BCUT2D eigenvalue weighted by Crippen LogP contribution is 3.09. The smallest absolute Gasteiger partial charge is 0.178 e. The van der Waals surface area contributed by atoms with Crippen LogP contribution in [-0.2, 0) is 14.2 Å². The summed E-state index contributed by atoms with van der Waals surface area (Å²) in [5, 5.41) is 1.85. The molecule has 3 nitrogen and oxygen atoms in total. The van der Waals surface area contributed by atoms with Gasteiger partial charge in [-0.3, -0.25) is 0 Å². The summed E-state index contributed by atoms with van der Waals surface area (Å²) in [6.07, 6.45) is 9.51. The minimum atomic E-state index is 0.383. The highest BCUT2D eigenvalue weighted by atomic mass is 32.2. The molecule has 16 aliphatic carbocycles. The summed E-state index contributed by atoms with van der Waals surface area (Å²) in [6.45, 7) is 0. The lowest BCUT2D eigenvalue weighted by molar-refractivity contribution is -0.515. The van der Waals surface area contributed by atoms with E-state index >= 15 is 0 Å². The van der Waals surface area contributed by atoms with Crippen molar-refractivity contribution in [3.05, 3.63) is 10.9 Å². The molecule has 0 aromatic heterocycles. The molecule has 0 amide bonds. The van der Waals surface area contributed by atoms with Crippen LogP contribution in [0.25, 0.3) is 0 Å². The second-order valence-electron chi connectivity index (χ2n) is 20.2. The summed E-state index contributed by atoms with van der Waals surface area (Å²) >= 11 is 2.53. The van der Waals surface area contributed by atoms with E-state index in [1.165, 1.54) is 0 Å². The Bertz CT molecular complexity index is 1730. The highest BCUT2D eigenvalue weighted by Gasteiger charge is 3.07. The van der Waals surface area contributed by atoms with Gasteiger partial charge in [0.2, 0.25) is 0 Å². The van der Waals surface area contributed by atoms with E-state index < -0.39 is 0 Å². The van der Waals surface area contributed by atoms with Gasteiger partial charge < -0.3 is 14.2 Å². The van der Waals surface area contributed by atoms with Gasteiger partial charge in [-0.15, -0.1) is 10.9 Å². The van der Waals surface area contributed by atoms with Crippen LogP contribution in [0.15, 0.2) is 10.9 Å². The molecule has 0 aromatic rings. The Morgan fingerprint density at radius 3 is 2.32 bits per heavy atom. The average molecular weight is 554 g/mol. The van der Waals surface area contributed by atoms with Gasteiger partial charge in [0, 0.05) is 33.2 Å². The van der Waals surface area contributed by atoms with E-state index in [1.54, 1.807) is 25.7 Å². The minimum absolute atomic E-state index is 0.383. The third-order valence-corrected chi connectivity index (χ3v) is 23.6. The zero-order valence-corrected chi connectivity index (χ0v) is 23.8. The lowest BCUT2D eigenvalue weighted by atomic mass is 9.03. The fourth-order valence-electron chi connectivity index (χ4n) is 22.8. The molecule has 41 heavy (non-hydrogen) atoms. The van der Waals surface area contributed by atoms with Gasteiger partial charge in [-0.05, 0) is 113 Å². The maximum Gasteiger partial charge on any atom is 0.178 e. The molecule has 5 spiro atoms. The Labute approximate surface area is 245 Å². The summed E-state index contributed by atoms with van der Waals surface area (Å²) < 4.78 is 21.9. The van der Waals surface area contributed by atoms with Crippen molar-refractivity contribution in [1.82, 2.24) is 0 Å². The molecule has 22 aliphatic rings. The number of allylic oxidation sites excluding steroid dienone is 1. The van der Waals surface area contributed by atoms with E-state index in [-0.39, 0.29) is 0 Å². The Morgan fingerprint density at radius 2 is 1.37 bits per heavy atom. The standard InChI is InChI=1S/C35H32B2O3S/c1-2-7-10-6(1)11-15-16-13-8-3-5-4-9-14-19-20(36-19)17-22-24(39-22)18-23-21(38-23)12(7)31(10,11)29-30(41-29)33(15,18)28-27(40-28)32(16,17)25-26(37-25)35(13,14)34(5,8)9/h5-18,21-30H,1-4H2. The number of epoxide rings is 3. The second kappa shape index (κ2) is 4.40. The van der Waals surface area contributed by atoms with Crippen molar-refractivity contribution in [1.29, 1.82) is 0 Å². The van der Waals surface area contributed by atoms with Crippen LogP contribution in [0.2, 0.25) is 11.6 Å². The molecule has 6 heteroatoms. The van der Waals surface area contributed by atoms with Crippen LogP contribution >= 0.6 is 11.8 Å². The number of ether oxygens (including phenoxy) is 3. The van der Waals surface area contributed by atoms with E-state index in [1.807, 2.05) is 10.9 Å². The first-order chi connectivity index (χ1) is 20.3. The average Bonchev–Trinajstić information content (AvgIpc) is 3.67. The third-order valence-electron chi connectivity index (χ3n) is 22.0. The topological polar surface area (TPSA) is 37.6 Å². The lowest BCUT2D eigenvalue weighted by Gasteiger charge is -3.00. The molecule has 202 valence electrons. The predicted molar refractivity (Wildman–Crippen MR) is 147 cm³/mol. The van der Waals surface area contributed by atoms with Crippen LogP contribution in [-0.4, -0.2) is 61.7 Å². The van der Waals surface area contributed by atoms with Gasteiger partial charge in [0.1, 0.15) is 7.28 Å². The molecule has 22 rings (SSSR count). The van der Waals surface area contributed by atoms with Crippen molar-refractivity contribution in [2.45, 2.75) is 84.4 Å². The lowest BCUT2D eigenvalue weighted by Crippen LogP contribution is -2.96. The van der Waals surface area contributed by atoms with E-state index in [4.69, 9.17) is 14.2 Å². The van der Waals surface area contributed by atoms with Crippen molar-refractivity contribution >= 4 is 26.3 Å². The molecule has 6 heterocycles. The zero-order valence-electron chi connectivity index (χ0n) is 23.0. The summed E-state index contributed by atoms with van der Waals surface area (Å²) in [6, 6.07) is 0. The van der Waals surface area contributed by atoms with Gasteiger partial charge in [0.25, 0.3) is 0 Å². The molecule has 29 atom stereocenters. The highest BCUT2D eigenvalue weighted by molar-refractivity contribution is 8.07. The largest absolute Gasteiger partial charge is 0.369 e. The molecule has 19 fully saturated rings. The Balaban J connectivity index is 1.00. The summed E-state index contributed by atoms with van der Waals surface area (Å²) in [4.78, 5) is 0. The zero-order chi connectivity index (χ0) is 24.6. The molecule has 0 aromatic carbocycles. The van der Waals surface area contributed by atoms with Gasteiger partial charge in [0.15, 0.2) is 7.28 Å². The van der Waals surface area contributed by atoms with Crippen LogP contribution in [0.1, 0.15) is 25.7 Å². The first-order valence-electron chi connectivity index (χ1n) is 18.4. The Morgan fingerprint density at radius 1 is 0.610 bits per heavy atom. The maximum atomic E-state index is 7.52. The molecule has 6 aliphatic heterocycles. The predicted octanol–water partition coefficient (Wildman–Crippen LogP) is 3.29. The second-order valence-corrected chi connectivity index (χ2v) is 21.5. The van der Waals surface area contributed by atoms with E-state index in [9.17, 15) is 0 Å². The number of hydrogen-bond donors (Lipinski definition) is 0. The van der Waals surface area contributed by atoms with E-state index in [0.717, 1.165) is 98.6 Å². The van der Waals surface area contributed by atoms with Gasteiger partial charge >= 0.3 is 0 Å². The fraction of sp³-hybridized carbons (Fsp3) is 0.943. The maximum absolute atomic E-state index is 7.52. The van der Waals surface area contributed by atoms with Crippen molar-refractivity contribution in [2.75, 3.05) is 0 Å². The molecule has 5 saturated heterocycles. The van der Waals surface area contributed by atoms with Crippen molar-refractivity contribution < 1.29 is 14.2 Å². The first kappa shape index (κ1) is 18.9. The quantitative estimate of drug-likeness (QED) is 0.341. The van der Waals surface area contributed by atoms with Crippen LogP contribution in [0, 0.1) is 110 Å². The molecular weight excluding hydrogens is 522 g/mol. The molecular formula is C35H32B2O3S. The van der Waals surface area contributed by atoms with Gasteiger partial charge in [-0.2, -0.15) is 11.8 Å². The summed E-state index contributed by atoms with van der Waals surface area (Å²) in [5.41, 5.74) is 6.78. The Kier molecular flexibility index (Phi) is 2.03. The normalized spacial score (nSPS) is 93.9. The molecule has 2 radical (unpaired) electrons. The van der Waals surface area contributed by atoms with Gasteiger partial charge in [-0.1, -0.05) is 11.6 Å². The Hall–Kier alpha value is 0.0999. The van der Waals surface area contributed by atoms with Crippen molar-refractivity contribution in [2.24, 2.45) is 110 Å². The number of thioether (sulfide) groups is 1. The molecule has 8 bridgehead atoms. The van der Waals surface area contributed by atoms with Crippen LogP contribution in [0.5, 0.6) is 0 Å². The van der Waals surface area contributed by atoms with Gasteiger partial charge in [0.05, 0.1) is 36.6 Å². The van der Waals surface area contributed by atoms with Crippen molar-refractivity contribution in [3.8, 4) is 0 Å². The first-order valence-corrected chi connectivity index (χ1v) is 19.3. The third kappa shape index (κ3) is 1.14. The van der Waals surface area contributed by atoms with Crippen LogP contribution in [0.4, 0.5) is 0 Å². The van der Waals surface area contributed by atoms with Crippen molar-refractivity contribution in [3.63, 3.8) is 0 Å². The van der Waals surface area contributed by atoms with E-state index in [0.29, 0.717) is 70.1 Å². The SMILES string of the molecule is [B]1C2=C1C1C3CC4CC5C6C7C8C9C%10CCC%11C%10C9%10C9SC9C89C8OC8C7(C7[B]C7C16C435)C2C1OC1C9C1OC1C%11%10. The van der Waals surface area contributed by atoms with Gasteiger partial charge in [-0.25, -0.2) is 0 Å². The summed E-state index contributed by atoms with van der Waals surface area (Å²) in [5.74, 6) is 15.5. The summed E-state index contributed by atoms with van der Waals surface area (Å²) in [7, 11) is 5.85. The molecule has 0 N–H and O–H groups in total. The molecule has 29 unspecified atom stereocenters. The fourth-order valence-corrected chi connectivity index (χ4v) is 24.9. The van der Waals surface area contributed by atoms with Crippen LogP contribution in [0.3, 0.4) is 0 Å². The molecule has 14 saturated carbocycles.